The smallest absolute Gasteiger partial charge is 0.303 e. The van der Waals surface area contributed by atoms with Crippen molar-refractivity contribution in [1.29, 1.82) is 5.26 Å². The SMILES string of the molecule is N#Cc1ccc(N2CCCCC2CCC(=O)O)c(Br)c1. The quantitative estimate of drug-likeness (QED) is 0.913. The van der Waals surface area contributed by atoms with Crippen molar-refractivity contribution in [2.24, 2.45) is 0 Å². The summed E-state index contributed by atoms with van der Waals surface area (Å²) in [6.07, 6.45) is 4.17. The second kappa shape index (κ2) is 6.76. The van der Waals surface area contributed by atoms with Gasteiger partial charge in [-0.3, -0.25) is 4.79 Å². The maximum Gasteiger partial charge on any atom is 0.303 e. The number of piperidine rings is 1. The Labute approximate surface area is 127 Å². The Kier molecular flexibility index (Phi) is 5.02. The van der Waals surface area contributed by atoms with Crippen molar-refractivity contribution in [3.63, 3.8) is 0 Å². The van der Waals surface area contributed by atoms with Crippen LogP contribution in [0, 0.1) is 11.3 Å². The van der Waals surface area contributed by atoms with Crippen LogP contribution in [-0.2, 0) is 4.79 Å². The number of carboxylic acids is 1. The molecule has 4 nitrogen and oxygen atoms in total. The number of carboxylic acid groups (broad SMARTS) is 1. The Morgan fingerprint density at radius 1 is 1.50 bits per heavy atom. The van der Waals surface area contributed by atoms with Crippen LogP contribution in [0.4, 0.5) is 5.69 Å². The number of aliphatic carboxylic acids is 1. The van der Waals surface area contributed by atoms with Crippen molar-refractivity contribution >= 4 is 27.6 Å². The van der Waals surface area contributed by atoms with E-state index in [0.717, 1.165) is 36.0 Å². The molecule has 0 spiro atoms. The molecule has 0 aliphatic carbocycles. The molecule has 1 heterocycles. The van der Waals surface area contributed by atoms with E-state index in [1.807, 2.05) is 18.2 Å². The topological polar surface area (TPSA) is 64.3 Å². The molecule has 1 aromatic rings. The van der Waals surface area contributed by atoms with Gasteiger partial charge in [0, 0.05) is 23.5 Å². The molecule has 1 aromatic carbocycles. The van der Waals surface area contributed by atoms with Crippen LogP contribution in [0.25, 0.3) is 0 Å². The summed E-state index contributed by atoms with van der Waals surface area (Å²) in [7, 11) is 0. The summed E-state index contributed by atoms with van der Waals surface area (Å²) in [4.78, 5) is 13.0. The van der Waals surface area contributed by atoms with Crippen LogP contribution in [0.5, 0.6) is 0 Å². The molecule has 1 atom stereocenters. The van der Waals surface area contributed by atoms with Crippen LogP contribution < -0.4 is 4.90 Å². The van der Waals surface area contributed by atoms with Gasteiger partial charge in [0.05, 0.1) is 17.3 Å². The van der Waals surface area contributed by atoms with Gasteiger partial charge in [-0.05, 0) is 59.8 Å². The van der Waals surface area contributed by atoms with Gasteiger partial charge in [-0.2, -0.15) is 5.26 Å². The van der Waals surface area contributed by atoms with E-state index < -0.39 is 5.97 Å². The number of rotatable bonds is 4. The predicted octanol–water partition coefficient (Wildman–Crippen LogP) is 3.54. The Morgan fingerprint density at radius 3 is 2.95 bits per heavy atom. The van der Waals surface area contributed by atoms with E-state index in [4.69, 9.17) is 10.4 Å². The number of benzene rings is 1. The minimum Gasteiger partial charge on any atom is -0.481 e. The molecular weight excluding hydrogens is 320 g/mol. The monoisotopic (exact) mass is 336 g/mol. The first-order chi connectivity index (χ1) is 9.61. The van der Waals surface area contributed by atoms with E-state index in [9.17, 15) is 4.79 Å². The van der Waals surface area contributed by atoms with Crippen molar-refractivity contribution in [2.45, 2.75) is 38.1 Å². The molecule has 1 fully saturated rings. The lowest BCUT2D eigenvalue weighted by atomic mass is 9.97. The van der Waals surface area contributed by atoms with E-state index in [2.05, 4.69) is 26.9 Å². The highest BCUT2D eigenvalue weighted by atomic mass is 79.9. The third kappa shape index (κ3) is 3.51. The molecule has 2 rings (SSSR count). The molecule has 1 N–H and O–H groups in total. The lowest BCUT2D eigenvalue weighted by Gasteiger charge is -2.38. The molecule has 106 valence electrons. The van der Waals surface area contributed by atoms with Gasteiger partial charge in [-0.25, -0.2) is 0 Å². The Bertz CT molecular complexity index is 539. The highest BCUT2D eigenvalue weighted by molar-refractivity contribution is 9.10. The molecule has 0 amide bonds. The number of nitriles is 1. The highest BCUT2D eigenvalue weighted by Gasteiger charge is 2.24. The summed E-state index contributed by atoms with van der Waals surface area (Å²) in [5, 5.41) is 17.8. The maximum absolute atomic E-state index is 10.8. The Balaban J connectivity index is 2.19. The molecule has 0 bridgehead atoms. The largest absolute Gasteiger partial charge is 0.481 e. The lowest BCUT2D eigenvalue weighted by molar-refractivity contribution is -0.137. The first kappa shape index (κ1) is 14.9. The van der Waals surface area contributed by atoms with Gasteiger partial charge in [0.2, 0.25) is 0 Å². The fourth-order valence-electron chi connectivity index (χ4n) is 2.72. The van der Waals surface area contributed by atoms with Crippen LogP contribution in [0.1, 0.15) is 37.7 Å². The third-order valence-corrected chi connectivity index (χ3v) is 4.34. The Morgan fingerprint density at radius 2 is 2.30 bits per heavy atom. The van der Waals surface area contributed by atoms with Crippen LogP contribution in [-0.4, -0.2) is 23.7 Å². The molecule has 1 aliphatic rings. The number of hydrogen-bond donors (Lipinski definition) is 1. The van der Waals surface area contributed by atoms with Crippen LogP contribution in [0.3, 0.4) is 0 Å². The average Bonchev–Trinajstić information content (AvgIpc) is 2.45. The van der Waals surface area contributed by atoms with Crippen LogP contribution in [0.2, 0.25) is 0 Å². The van der Waals surface area contributed by atoms with Crippen LogP contribution in [0.15, 0.2) is 22.7 Å². The van der Waals surface area contributed by atoms with E-state index >= 15 is 0 Å². The zero-order valence-electron chi connectivity index (χ0n) is 11.2. The third-order valence-electron chi connectivity index (χ3n) is 3.70. The predicted molar refractivity (Wildman–Crippen MR) is 80.7 cm³/mol. The summed E-state index contributed by atoms with van der Waals surface area (Å²) in [6.45, 7) is 0.939. The number of halogens is 1. The van der Waals surface area contributed by atoms with E-state index in [1.165, 1.54) is 0 Å². The van der Waals surface area contributed by atoms with Crippen molar-refractivity contribution in [3.05, 3.63) is 28.2 Å². The molecule has 0 radical (unpaired) electrons. The standard InChI is InChI=1S/C15H17BrN2O2/c16-13-9-11(10-17)4-6-14(13)18-8-2-1-3-12(18)5-7-15(19)20/h4,6,9,12H,1-3,5,7-8H2,(H,19,20). The minimum atomic E-state index is -0.741. The number of hydrogen-bond acceptors (Lipinski definition) is 3. The van der Waals surface area contributed by atoms with E-state index in [0.29, 0.717) is 12.0 Å². The van der Waals surface area contributed by atoms with Gasteiger partial charge < -0.3 is 10.0 Å². The number of nitrogens with zero attached hydrogens (tertiary/aromatic N) is 2. The lowest BCUT2D eigenvalue weighted by Crippen LogP contribution is -2.40. The second-order valence-corrected chi connectivity index (χ2v) is 5.91. The maximum atomic E-state index is 10.8. The summed E-state index contributed by atoms with van der Waals surface area (Å²) in [5.41, 5.74) is 1.68. The normalized spacial score (nSPS) is 18.6. The van der Waals surface area contributed by atoms with Crippen molar-refractivity contribution in [1.82, 2.24) is 0 Å². The highest BCUT2D eigenvalue weighted by Crippen LogP contribution is 2.33. The molecular formula is C15H17BrN2O2. The summed E-state index contributed by atoms with van der Waals surface area (Å²) < 4.78 is 0.902. The minimum absolute atomic E-state index is 0.203. The summed E-state index contributed by atoms with van der Waals surface area (Å²) in [5.74, 6) is -0.741. The van der Waals surface area contributed by atoms with Gasteiger partial charge in [-0.1, -0.05) is 0 Å². The van der Waals surface area contributed by atoms with E-state index in [1.54, 1.807) is 0 Å². The fraction of sp³-hybridized carbons (Fsp3) is 0.467. The van der Waals surface area contributed by atoms with Gasteiger partial charge in [0.25, 0.3) is 0 Å². The van der Waals surface area contributed by atoms with E-state index in [-0.39, 0.29) is 12.5 Å². The molecule has 20 heavy (non-hydrogen) atoms. The van der Waals surface area contributed by atoms with Crippen LogP contribution >= 0.6 is 15.9 Å². The van der Waals surface area contributed by atoms with Gasteiger partial charge in [0.15, 0.2) is 0 Å². The average molecular weight is 337 g/mol. The van der Waals surface area contributed by atoms with Gasteiger partial charge in [0.1, 0.15) is 0 Å². The zero-order chi connectivity index (χ0) is 14.5. The molecule has 0 aromatic heterocycles. The number of carbonyl (C=O) groups is 1. The summed E-state index contributed by atoms with van der Waals surface area (Å²) in [6, 6.07) is 7.96. The first-order valence-electron chi connectivity index (χ1n) is 6.80. The van der Waals surface area contributed by atoms with Gasteiger partial charge in [-0.15, -0.1) is 0 Å². The van der Waals surface area contributed by atoms with Gasteiger partial charge >= 0.3 is 5.97 Å². The Hall–Kier alpha value is -1.54. The zero-order valence-corrected chi connectivity index (χ0v) is 12.8. The first-order valence-corrected chi connectivity index (χ1v) is 7.59. The molecule has 1 aliphatic heterocycles. The number of anilines is 1. The molecule has 1 unspecified atom stereocenters. The second-order valence-electron chi connectivity index (χ2n) is 5.05. The fourth-order valence-corrected chi connectivity index (χ4v) is 3.32. The van der Waals surface area contributed by atoms with Crippen molar-refractivity contribution < 1.29 is 9.90 Å². The molecule has 5 heteroatoms. The van der Waals surface area contributed by atoms with Crippen molar-refractivity contribution in [3.8, 4) is 6.07 Å². The van der Waals surface area contributed by atoms with Crippen molar-refractivity contribution in [2.75, 3.05) is 11.4 Å². The summed E-state index contributed by atoms with van der Waals surface area (Å²) >= 11 is 3.52. The molecule has 0 saturated carbocycles. The molecule has 1 saturated heterocycles.